The molecule has 2 atom stereocenters. The third-order valence-electron chi connectivity index (χ3n) is 2.56. The lowest BCUT2D eigenvalue weighted by atomic mass is 10.3. The van der Waals surface area contributed by atoms with Crippen LogP contribution in [0.15, 0.2) is 12.2 Å². The van der Waals surface area contributed by atoms with Crippen LogP contribution in [0.4, 0.5) is 0 Å². The lowest BCUT2D eigenvalue weighted by Crippen LogP contribution is -2.48. The van der Waals surface area contributed by atoms with E-state index in [1.807, 2.05) is 0 Å². The van der Waals surface area contributed by atoms with Crippen LogP contribution < -0.4 is 0 Å². The Morgan fingerprint density at radius 2 is 1.80 bits per heavy atom. The van der Waals surface area contributed by atoms with E-state index in [2.05, 4.69) is 4.84 Å². The smallest absolute Gasteiger partial charge is 0.382 e. The molecule has 0 aromatic heterocycles. The summed E-state index contributed by atoms with van der Waals surface area (Å²) in [6.45, 7) is 0. The van der Waals surface area contributed by atoms with Gasteiger partial charge >= 0.3 is 5.97 Å². The van der Waals surface area contributed by atoms with Gasteiger partial charge in [-0.05, 0) is 0 Å². The normalized spacial score (nSPS) is 23.8. The Bertz CT molecular complexity index is 535. The molecule has 2 aliphatic rings. The Hall–Kier alpha value is -2.59. The zero-order valence-electron chi connectivity index (χ0n) is 9.75. The summed E-state index contributed by atoms with van der Waals surface area (Å²) >= 11 is 0. The SMILES string of the molecule is O=C(ON1C(=O)CC(O)C1=O)C(O)N1C(=O)C=CC1=O. The molecule has 1 saturated heterocycles. The highest BCUT2D eigenvalue weighted by Gasteiger charge is 2.43. The van der Waals surface area contributed by atoms with Crippen molar-refractivity contribution in [2.24, 2.45) is 0 Å². The van der Waals surface area contributed by atoms with Crippen LogP contribution in [-0.4, -0.2) is 62.1 Å². The van der Waals surface area contributed by atoms with Gasteiger partial charge in [0.05, 0.1) is 6.42 Å². The van der Waals surface area contributed by atoms with Crippen LogP contribution in [0.1, 0.15) is 6.42 Å². The first kappa shape index (κ1) is 13.8. The van der Waals surface area contributed by atoms with Gasteiger partial charge < -0.3 is 15.1 Å². The van der Waals surface area contributed by atoms with E-state index in [1.54, 1.807) is 0 Å². The van der Waals surface area contributed by atoms with E-state index in [4.69, 9.17) is 5.11 Å². The molecule has 0 radical (unpaired) electrons. The average Bonchev–Trinajstić information content (AvgIpc) is 2.83. The summed E-state index contributed by atoms with van der Waals surface area (Å²) in [7, 11) is 0. The van der Waals surface area contributed by atoms with Gasteiger partial charge in [-0.15, -0.1) is 0 Å². The Kier molecular flexibility index (Phi) is 3.34. The zero-order chi connectivity index (χ0) is 15.0. The largest absolute Gasteiger partial charge is 0.383 e. The number of aliphatic hydroxyl groups excluding tert-OH is 2. The van der Waals surface area contributed by atoms with E-state index in [-0.39, 0.29) is 9.96 Å². The number of aliphatic hydroxyl groups is 2. The second-order valence-corrected chi connectivity index (χ2v) is 3.91. The Labute approximate surface area is 110 Å². The quantitative estimate of drug-likeness (QED) is 0.516. The highest BCUT2D eigenvalue weighted by Crippen LogP contribution is 2.15. The highest BCUT2D eigenvalue weighted by atomic mass is 16.7. The predicted molar refractivity (Wildman–Crippen MR) is 55.6 cm³/mol. The molecule has 2 aliphatic heterocycles. The van der Waals surface area contributed by atoms with Gasteiger partial charge in [0.2, 0.25) is 6.23 Å². The molecule has 0 saturated carbocycles. The van der Waals surface area contributed by atoms with E-state index in [9.17, 15) is 29.1 Å². The van der Waals surface area contributed by atoms with Gasteiger partial charge in [0.1, 0.15) is 6.10 Å². The van der Waals surface area contributed by atoms with Crippen LogP contribution in [0.25, 0.3) is 0 Å². The van der Waals surface area contributed by atoms with Gasteiger partial charge in [-0.3, -0.25) is 19.2 Å². The number of imide groups is 2. The minimum absolute atomic E-state index is 0.0192. The summed E-state index contributed by atoms with van der Waals surface area (Å²) in [5.41, 5.74) is 0. The fourth-order valence-electron chi connectivity index (χ4n) is 1.59. The topological polar surface area (TPSA) is 142 Å². The van der Waals surface area contributed by atoms with Gasteiger partial charge in [-0.2, -0.15) is 0 Å². The lowest BCUT2D eigenvalue weighted by molar-refractivity contribution is -0.210. The molecule has 2 heterocycles. The highest BCUT2D eigenvalue weighted by molar-refractivity contribution is 6.14. The maximum atomic E-state index is 11.5. The third kappa shape index (κ3) is 2.17. The van der Waals surface area contributed by atoms with Crippen molar-refractivity contribution < 1.29 is 39.0 Å². The number of hydrogen-bond donors (Lipinski definition) is 2. The molecule has 1 fully saturated rings. The maximum Gasteiger partial charge on any atom is 0.382 e. The second-order valence-electron chi connectivity index (χ2n) is 3.91. The molecule has 0 bridgehead atoms. The van der Waals surface area contributed by atoms with E-state index in [1.165, 1.54) is 0 Å². The van der Waals surface area contributed by atoms with Gasteiger partial charge in [-0.1, -0.05) is 5.06 Å². The van der Waals surface area contributed by atoms with Gasteiger partial charge in [0, 0.05) is 12.2 Å². The Morgan fingerprint density at radius 3 is 2.25 bits per heavy atom. The van der Waals surface area contributed by atoms with Crippen molar-refractivity contribution in [2.45, 2.75) is 18.8 Å². The number of hydrogen-bond acceptors (Lipinski definition) is 8. The van der Waals surface area contributed by atoms with Crippen LogP contribution in [0.2, 0.25) is 0 Å². The number of nitrogens with zero attached hydrogens (tertiary/aromatic N) is 2. The van der Waals surface area contributed by atoms with Gasteiger partial charge in [0.25, 0.3) is 23.6 Å². The molecule has 106 valence electrons. The molecule has 2 rings (SSSR count). The molecule has 2 unspecified atom stereocenters. The molecular weight excluding hydrogens is 276 g/mol. The lowest BCUT2D eigenvalue weighted by Gasteiger charge is -2.21. The summed E-state index contributed by atoms with van der Waals surface area (Å²) < 4.78 is 0. The van der Waals surface area contributed by atoms with E-state index >= 15 is 0 Å². The number of rotatable bonds is 3. The first-order valence-corrected chi connectivity index (χ1v) is 5.33. The monoisotopic (exact) mass is 284 g/mol. The second kappa shape index (κ2) is 4.83. The van der Waals surface area contributed by atoms with Crippen molar-refractivity contribution in [2.75, 3.05) is 0 Å². The van der Waals surface area contributed by atoms with Crippen molar-refractivity contribution in [1.82, 2.24) is 9.96 Å². The third-order valence-corrected chi connectivity index (χ3v) is 2.56. The summed E-state index contributed by atoms with van der Waals surface area (Å²) in [5, 5.41) is 18.6. The number of hydroxylamine groups is 2. The molecule has 4 amide bonds. The van der Waals surface area contributed by atoms with Crippen LogP contribution in [0.3, 0.4) is 0 Å². The number of amides is 4. The summed E-state index contributed by atoms with van der Waals surface area (Å²) in [4.78, 5) is 60.9. The maximum absolute atomic E-state index is 11.5. The van der Waals surface area contributed by atoms with E-state index in [0.29, 0.717) is 0 Å². The Balaban J connectivity index is 2.05. The molecular formula is C10H8N2O8. The van der Waals surface area contributed by atoms with E-state index in [0.717, 1.165) is 12.2 Å². The summed E-state index contributed by atoms with van der Waals surface area (Å²) in [5.74, 6) is -5.63. The molecule has 0 aliphatic carbocycles. The summed E-state index contributed by atoms with van der Waals surface area (Å²) in [6.07, 6.45) is -2.85. The Morgan fingerprint density at radius 1 is 1.25 bits per heavy atom. The first-order valence-electron chi connectivity index (χ1n) is 5.33. The molecule has 10 nitrogen and oxygen atoms in total. The fraction of sp³-hybridized carbons (Fsp3) is 0.300. The zero-order valence-corrected chi connectivity index (χ0v) is 9.75. The molecule has 10 heteroatoms. The van der Waals surface area contributed by atoms with Crippen LogP contribution in [0, 0.1) is 0 Å². The van der Waals surface area contributed by atoms with Crippen LogP contribution >= 0.6 is 0 Å². The average molecular weight is 284 g/mol. The predicted octanol–water partition coefficient (Wildman–Crippen LogP) is -3.19. The van der Waals surface area contributed by atoms with Gasteiger partial charge in [-0.25, -0.2) is 9.69 Å². The number of carbonyl (C=O) groups is 5. The van der Waals surface area contributed by atoms with Crippen molar-refractivity contribution in [3.63, 3.8) is 0 Å². The standard InChI is InChI=1S/C10H8N2O8/c13-4-3-7(16)12(8(4)17)20-10(19)9(18)11-5(14)1-2-6(11)15/h1-2,4,9,13,18H,3H2. The first-order chi connectivity index (χ1) is 9.32. The van der Waals surface area contributed by atoms with Crippen molar-refractivity contribution in [3.8, 4) is 0 Å². The number of carbonyl (C=O) groups excluding carboxylic acids is 5. The minimum atomic E-state index is -2.30. The molecule has 20 heavy (non-hydrogen) atoms. The molecule has 2 N–H and O–H groups in total. The van der Waals surface area contributed by atoms with Crippen molar-refractivity contribution >= 4 is 29.6 Å². The fourth-order valence-corrected chi connectivity index (χ4v) is 1.59. The molecule has 0 aromatic rings. The van der Waals surface area contributed by atoms with Crippen molar-refractivity contribution in [1.29, 1.82) is 0 Å². The van der Waals surface area contributed by atoms with Gasteiger partial charge in [0.15, 0.2) is 0 Å². The van der Waals surface area contributed by atoms with E-state index < -0.39 is 48.4 Å². The van der Waals surface area contributed by atoms with Crippen LogP contribution in [-0.2, 0) is 28.8 Å². The molecule has 0 aromatic carbocycles. The van der Waals surface area contributed by atoms with Crippen molar-refractivity contribution in [3.05, 3.63) is 12.2 Å². The molecule has 0 spiro atoms. The summed E-state index contributed by atoms with van der Waals surface area (Å²) in [6, 6.07) is 0. The minimum Gasteiger partial charge on any atom is -0.383 e. The van der Waals surface area contributed by atoms with Crippen LogP contribution in [0.5, 0.6) is 0 Å².